The fourth-order valence-electron chi connectivity index (χ4n) is 1.87. The van der Waals surface area contributed by atoms with Crippen LogP contribution >= 0.6 is 0 Å². The second-order valence-electron chi connectivity index (χ2n) is 4.35. The molecular formula is C12H12F2N2O2. The van der Waals surface area contributed by atoms with Gasteiger partial charge in [0.05, 0.1) is 5.52 Å². The Kier molecular flexibility index (Phi) is 3.27. The van der Waals surface area contributed by atoms with Gasteiger partial charge in [-0.05, 0) is 18.1 Å². The van der Waals surface area contributed by atoms with Gasteiger partial charge in [0.15, 0.2) is 11.6 Å². The highest BCUT2D eigenvalue weighted by Gasteiger charge is 2.14. The summed E-state index contributed by atoms with van der Waals surface area (Å²) in [5.74, 6) is -2.49. The summed E-state index contributed by atoms with van der Waals surface area (Å²) in [6.07, 6.45) is 0.385. The Labute approximate surface area is 102 Å². The maximum Gasteiger partial charge on any atom is 0.303 e. The van der Waals surface area contributed by atoms with Crippen molar-refractivity contribution in [2.75, 3.05) is 0 Å². The van der Waals surface area contributed by atoms with Crippen LogP contribution in [0.3, 0.4) is 0 Å². The van der Waals surface area contributed by atoms with Crippen molar-refractivity contribution in [2.45, 2.75) is 19.8 Å². The van der Waals surface area contributed by atoms with Crippen LogP contribution in [0.4, 0.5) is 8.78 Å². The van der Waals surface area contributed by atoms with E-state index in [4.69, 9.17) is 5.11 Å². The summed E-state index contributed by atoms with van der Waals surface area (Å²) in [5, 5.41) is 8.64. The summed E-state index contributed by atoms with van der Waals surface area (Å²) in [6, 6.07) is 2.44. The number of aliphatic carboxylic acids is 1. The number of aromatic amines is 1. The first-order chi connectivity index (χ1) is 8.47. The average Bonchev–Trinajstić information content (AvgIpc) is 2.66. The molecular weight excluding hydrogens is 242 g/mol. The van der Waals surface area contributed by atoms with Crippen LogP contribution in [0.1, 0.15) is 19.2 Å². The molecule has 4 nitrogen and oxygen atoms in total. The van der Waals surface area contributed by atoms with Gasteiger partial charge in [0.2, 0.25) is 0 Å². The third-order valence-electron chi connectivity index (χ3n) is 2.66. The van der Waals surface area contributed by atoms with E-state index in [0.717, 1.165) is 6.07 Å². The van der Waals surface area contributed by atoms with Crippen molar-refractivity contribution in [3.05, 3.63) is 29.6 Å². The number of hydrogen-bond acceptors (Lipinski definition) is 2. The molecule has 0 spiro atoms. The Morgan fingerprint density at radius 2 is 2.22 bits per heavy atom. The number of carboxylic acid groups (broad SMARTS) is 1. The van der Waals surface area contributed by atoms with Crippen molar-refractivity contribution in [2.24, 2.45) is 5.92 Å². The number of nitrogens with zero attached hydrogens (tertiary/aromatic N) is 1. The van der Waals surface area contributed by atoms with Crippen LogP contribution in [0.25, 0.3) is 11.0 Å². The molecule has 1 aromatic carbocycles. The highest BCUT2D eigenvalue weighted by molar-refractivity contribution is 5.75. The molecule has 0 saturated carbocycles. The third-order valence-corrected chi connectivity index (χ3v) is 2.66. The zero-order valence-electron chi connectivity index (χ0n) is 9.70. The molecule has 0 radical (unpaired) electrons. The van der Waals surface area contributed by atoms with Crippen LogP contribution in [0.15, 0.2) is 12.1 Å². The van der Waals surface area contributed by atoms with Crippen molar-refractivity contribution in [1.29, 1.82) is 0 Å². The van der Waals surface area contributed by atoms with Gasteiger partial charge in [-0.25, -0.2) is 13.8 Å². The molecule has 6 heteroatoms. The van der Waals surface area contributed by atoms with Gasteiger partial charge in [-0.2, -0.15) is 0 Å². The van der Waals surface area contributed by atoms with Gasteiger partial charge in [0.1, 0.15) is 11.3 Å². The van der Waals surface area contributed by atoms with Crippen LogP contribution in [0.2, 0.25) is 0 Å². The molecule has 1 atom stereocenters. The third kappa shape index (κ3) is 2.47. The lowest BCUT2D eigenvalue weighted by atomic mass is 10.0. The lowest BCUT2D eigenvalue weighted by molar-refractivity contribution is -0.137. The number of rotatable bonds is 4. The number of hydrogen-bond donors (Lipinski definition) is 2. The average molecular weight is 254 g/mol. The second-order valence-corrected chi connectivity index (χ2v) is 4.35. The maximum absolute atomic E-state index is 13.4. The number of aromatic nitrogens is 2. The Morgan fingerprint density at radius 3 is 2.89 bits per heavy atom. The van der Waals surface area contributed by atoms with Crippen LogP contribution in [-0.2, 0) is 11.2 Å². The van der Waals surface area contributed by atoms with Crippen molar-refractivity contribution in [3.8, 4) is 0 Å². The number of nitrogens with one attached hydrogen (secondary N) is 1. The van der Waals surface area contributed by atoms with E-state index < -0.39 is 17.6 Å². The maximum atomic E-state index is 13.4. The second kappa shape index (κ2) is 4.72. The number of H-pyrrole nitrogens is 1. The lowest BCUT2D eigenvalue weighted by Gasteiger charge is -2.04. The number of carboxylic acids is 1. The first-order valence-corrected chi connectivity index (χ1v) is 5.51. The van der Waals surface area contributed by atoms with Crippen molar-refractivity contribution < 1.29 is 18.7 Å². The molecule has 0 aliphatic carbocycles. The van der Waals surface area contributed by atoms with Gasteiger partial charge in [-0.1, -0.05) is 6.92 Å². The molecule has 0 fully saturated rings. The van der Waals surface area contributed by atoms with Crippen molar-refractivity contribution in [3.63, 3.8) is 0 Å². The predicted octanol–water partition coefficient (Wildman–Crippen LogP) is 2.49. The first-order valence-electron chi connectivity index (χ1n) is 5.51. The normalized spacial score (nSPS) is 12.8. The number of carbonyl (C=O) groups is 1. The quantitative estimate of drug-likeness (QED) is 0.880. The molecule has 2 aromatic rings. The van der Waals surface area contributed by atoms with Gasteiger partial charge in [0, 0.05) is 12.8 Å². The zero-order chi connectivity index (χ0) is 13.3. The molecule has 0 bridgehead atoms. The SMILES string of the molecule is CC(CC(=O)O)Cc1nc2c(F)c(F)ccc2[nH]1. The monoisotopic (exact) mass is 254 g/mol. The molecule has 1 heterocycles. The summed E-state index contributed by atoms with van der Waals surface area (Å²) >= 11 is 0. The Morgan fingerprint density at radius 1 is 1.50 bits per heavy atom. The Bertz CT molecular complexity index is 595. The number of imidazole rings is 1. The lowest BCUT2D eigenvalue weighted by Crippen LogP contribution is -2.07. The topological polar surface area (TPSA) is 66.0 Å². The molecule has 0 aliphatic rings. The number of benzene rings is 1. The summed E-state index contributed by atoms with van der Waals surface area (Å²) < 4.78 is 26.4. The fraction of sp³-hybridized carbons (Fsp3) is 0.333. The van der Waals surface area contributed by atoms with Crippen molar-refractivity contribution in [1.82, 2.24) is 9.97 Å². The zero-order valence-corrected chi connectivity index (χ0v) is 9.70. The molecule has 1 unspecified atom stereocenters. The molecule has 2 N–H and O–H groups in total. The Hall–Kier alpha value is -1.98. The molecule has 0 aliphatic heterocycles. The molecule has 2 rings (SSSR count). The standard InChI is InChI=1S/C12H12F2N2O2/c1-6(5-10(17)18)4-9-15-8-3-2-7(13)11(14)12(8)16-9/h2-3,6H,4-5H2,1H3,(H,15,16)(H,17,18). The molecule has 18 heavy (non-hydrogen) atoms. The van der Waals surface area contributed by atoms with E-state index in [9.17, 15) is 13.6 Å². The summed E-state index contributed by atoms with van der Waals surface area (Å²) in [6.45, 7) is 1.76. The van der Waals surface area contributed by atoms with E-state index in [1.54, 1.807) is 6.92 Å². The number of fused-ring (bicyclic) bond motifs is 1. The van der Waals surface area contributed by atoms with Crippen LogP contribution in [0.5, 0.6) is 0 Å². The van der Waals surface area contributed by atoms with Gasteiger partial charge >= 0.3 is 5.97 Å². The van der Waals surface area contributed by atoms with E-state index >= 15 is 0 Å². The summed E-state index contributed by atoms with van der Waals surface area (Å²) in [4.78, 5) is 17.3. The summed E-state index contributed by atoms with van der Waals surface area (Å²) in [7, 11) is 0. The molecule has 96 valence electrons. The highest BCUT2D eigenvalue weighted by atomic mass is 19.2. The predicted molar refractivity (Wildman–Crippen MR) is 61.1 cm³/mol. The van der Waals surface area contributed by atoms with E-state index in [2.05, 4.69) is 9.97 Å². The van der Waals surface area contributed by atoms with E-state index in [0.29, 0.717) is 17.8 Å². The minimum Gasteiger partial charge on any atom is -0.481 e. The van der Waals surface area contributed by atoms with Crippen LogP contribution < -0.4 is 0 Å². The van der Waals surface area contributed by atoms with E-state index in [-0.39, 0.29) is 17.9 Å². The fourth-order valence-corrected chi connectivity index (χ4v) is 1.87. The smallest absolute Gasteiger partial charge is 0.303 e. The van der Waals surface area contributed by atoms with Gasteiger partial charge < -0.3 is 10.1 Å². The van der Waals surface area contributed by atoms with Gasteiger partial charge in [-0.15, -0.1) is 0 Å². The van der Waals surface area contributed by atoms with E-state index in [1.165, 1.54) is 6.07 Å². The molecule has 0 amide bonds. The largest absolute Gasteiger partial charge is 0.481 e. The van der Waals surface area contributed by atoms with Gasteiger partial charge in [0.25, 0.3) is 0 Å². The molecule has 0 saturated heterocycles. The van der Waals surface area contributed by atoms with E-state index in [1.807, 2.05) is 0 Å². The minimum atomic E-state index is -0.985. The van der Waals surface area contributed by atoms with Crippen molar-refractivity contribution >= 4 is 17.0 Å². The highest BCUT2D eigenvalue weighted by Crippen LogP contribution is 2.19. The van der Waals surface area contributed by atoms with Crippen LogP contribution in [0, 0.1) is 17.6 Å². The first kappa shape index (κ1) is 12.5. The number of halogens is 2. The summed E-state index contributed by atoms with van der Waals surface area (Å²) in [5.41, 5.74) is 0.360. The minimum absolute atomic E-state index is 0.00783. The molecule has 1 aromatic heterocycles. The Balaban J connectivity index is 2.25. The van der Waals surface area contributed by atoms with Gasteiger partial charge in [-0.3, -0.25) is 4.79 Å². The van der Waals surface area contributed by atoms with Crippen LogP contribution in [-0.4, -0.2) is 21.0 Å².